The summed E-state index contributed by atoms with van der Waals surface area (Å²) in [6.07, 6.45) is 0. The molecule has 0 fully saturated rings. The average molecular weight is 1110 g/mol. The Morgan fingerprint density at radius 1 is 0.264 bits per heavy atom. The Morgan fingerprint density at radius 2 is 0.655 bits per heavy atom. The summed E-state index contributed by atoms with van der Waals surface area (Å²) in [7, 11) is 0. The number of furan rings is 2. The molecule has 6 heteroatoms. The Bertz CT molecular complexity index is 6060. The SMILES string of the molecule is Cc1ccccc1N(c1cccc2c1oc1ccccc12)c1cccc2c1c1cccc3c4c(-c5ccccc5)c5c(c(-c6ccccc6)c4n2c13)c1cccc2c3c(N(c4ccccc4C)c4c(C)ccc6c4oc4ccccc46)cccc3n5c21. The lowest BCUT2D eigenvalue weighted by Gasteiger charge is -2.29. The third-order valence-electron chi connectivity index (χ3n) is 18.9. The molecule has 408 valence electrons. The van der Waals surface area contributed by atoms with Gasteiger partial charge in [0.15, 0.2) is 11.2 Å². The van der Waals surface area contributed by atoms with Crippen LogP contribution in [0.5, 0.6) is 0 Å². The van der Waals surface area contributed by atoms with Crippen molar-refractivity contribution in [2.75, 3.05) is 9.80 Å². The highest BCUT2D eigenvalue weighted by Crippen LogP contribution is 2.57. The molecule has 6 aromatic heterocycles. The van der Waals surface area contributed by atoms with Crippen molar-refractivity contribution in [1.29, 1.82) is 0 Å². The molecule has 0 N–H and O–H groups in total. The smallest absolute Gasteiger partial charge is 0.159 e. The van der Waals surface area contributed by atoms with Crippen molar-refractivity contribution in [3.63, 3.8) is 0 Å². The van der Waals surface area contributed by atoms with Gasteiger partial charge in [0, 0.05) is 87.1 Å². The van der Waals surface area contributed by atoms with E-state index in [0.29, 0.717) is 0 Å². The van der Waals surface area contributed by atoms with Gasteiger partial charge in [0.2, 0.25) is 0 Å². The molecular weight excluding hydrogens is 1060 g/mol. The summed E-state index contributed by atoms with van der Waals surface area (Å²) in [5.41, 5.74) is 25.1. The van der Waals surface area contributed by atoms with Crippen molar-refractivity contribution < 1.29 is 8.83 Å². The maximum Gasteiger partial charge on any atom is 0.159 e. The summed E-state index contributed by atoms with van der Waals surface area (Å²) >= 11 is 0. The molecule has 19 aromatic rings. The van der Waals surface area contributed by atoms with Crippen LogP contribution in [0.15, 0.2) is 270 Å². The van der Waals surface area contributed by atoms with Gasteiger partial charge in [-0.1, -0.05) is 206 Å². The van der Waals surface area contributed by atoms with Gasteiger partial charge in [-0.05, 0) is 103 Å². The lowest BCUT2D eigenvalue weighted by atomic mass is 9.89. The molecule has 0 amide bonds. The van der Waals surface area contributed by atoms with Crippen LogP contribution in [0.1, 0.15) is 16.7 Å². The van der Waals surface area contributed by atoms with Crippen molar-refractivity contribution in [2.24, 2.45) is 0 Å². The highest BCUT2D eigenvalue weighted by molar-refractivity contribution is 6.39. The molecule has 0 atom stereocenters. The Balaban J connectivity index is 0.973. The minimum Gasteiger partial charge on any atom is -0.454 e. The number of aromatic nitrogens is 2. The van der Waals surface area contributed by atoms with Gasteiger partial charge in [0.05, 0.1) is 55.8 Å². The third kappa shape index (κ3) is 6.43. The molecule has 0 aliphatic carbocycles. The van der Waals surface area contributed by atoms with Crippen molar-refractivity contribution in [2.45, 2.75) is 20.8 Å². The molecule has 0 radical (unpaired) electrons. The van der Waals surface area contributed by atoms with E-state index in [1.165, 1.54) is 87.4 Å². The lowest BCUT2D eigenvalue weighted by molar-refractivity contribution is 0.668. The standard InChI is InChI=1S/C81H52N4O2/c1-47-23-10-14-36-60(47)82(66-42-20-31-54-52-29-12-16-43-67(52)86-80(54)66)62-38-21-40-64-71(62)56-32-18-34-58-73-70(51-27-8-5-9-28-51)79-74(69(50-25-6-4-7-26-50)78(73)84(64)76(56)58)59-35-19-33-57-72-63(39-22-41-65(72)85(79)77(57)59)83(61-37-15-11-24-48(61)2)75-49(3)45-46-55-53-30-13-17-44-68(53)87-81(55)75/h4-46H,1-3H3. The summed E-state index contributed by atoms with van der Waals surface area (Å²) < 4.78 is 19.1. The molecule has 0 spiro atoms. The maximum absolute atomic E-state index is 6.98. The fraction of sp³-hybridized carbons (Fsp3) is 0.0370. The number of fused-ring (bicyclic) bond motifs is 18. The van der Waals surface area contributed by atoms with E-state index in [-0.39, 0.29) is 0 Å². The molecule has 0 aliphatic rings. The maximum atomic E-state index is 6.98. The highest BCUT2D eigenvalue weighted by Gasteiger charge is 2.34. The monoisotopic (exact) mass is 1110 g/mol. The Morgan fingerprint density at radius 3 is 1.21 bits per heavy atom. The number of hydrogen-bond acceptors (Lipinski definition) is 4. The Hall–Kier alpha value is -11.3. The first-order valence-electron chi connectivity index (χ1n) is 30.0. The summed E-state index contributed by atoms with van der Waals surface area (Å²) in [4.78, 5) is 4.93. The molecule has 6 heterocycles. The number of anilines is 6. The summed E-state index contributed by atoms with van der Waals surface area (Å²) in [5, 5.41) is 14.0. The first-order chi connectivity index (χ1) is 43.0. The zero-order valence-corrected chi connectivity index (χ0v) is 47.9. The molecule has 0 saturated carbocycles. The van der Waals surface area contributed by atoms with Gasteiger partial charge >= 0.3 is 0 Å². The minimum atomic E-state index is 0.856. The average Bonchev–Trinajstić information content (AvgIpc) is 1.54. The van der Waals surface area contributed by atoms with Crippen LogP contribution in [0.2, 0.25) is 0 Å². The van der Waals surface area contributed by atoms with Crippen LogP contribution >= 0.6 is 0 Å². The topological polar surface area (TPSA) is 41.6 Å². The third-order valence-corrected chi connectivity index (χ3v) is 18.9. The van der Waals surface area contributed by atoms with Gasteiger partial charge in [0.1, 0.15) is 11.2 Å². The first-order valence-corrected chi connectivity index (χ1v) is 30.0. The van der Waals surface area contributed by atoms with Gasteiger partial charge in [-0.2, -0.15) is 0 Å². The highest BCUT2D eigenvalue weighted by atomic mass is 16.3. The van der Waals surface area contributed by atoms with Crippen LogP contribution in [-0.4, -0.2) is 8.80 Å². The van der Waals surface area contributed by atoms with E-state index in [2.05, 4.69) is 300 Å². The van der Waals surface area contributed by atoms with Gasteiger partial charge < -0.3 is 27.4 Å². The first kappa shape index (κ1) is 48.1. The summed E-state index contributed by atoms with van der Waals surface area (Å²) in [5.74, 6) is 0. The molecular formula is C81H52N4O2. The van der Waals surface area contributed by atoms with Gasteiger partial charge in [-0.15, -0.1) is 0 Å². The van der Waals surface area contributed by atoms with Crippen molar-refractivity contribution in [3.05, 3.63) is 278 Å². The van der Waals surface area contributed by atoms with Crippen LogP contribution in [0, 0.1) is 20.8 Å². The predicted octanol–water partition coefficient (Wildman–Crippen LogP) is 23.0. The van der Waals surface area contributed by atoms with Crippen LogP contribution in [0.25, 0.3) is 142 Å². The quantitative estimate of drug-likeness (QED) is 0.152. The minimum absolute atomic E-state index is 0.856. The number of benzene rings is 13. The number of nitrogens with zero attached hydrogens (tertiary/aromatic N) is 4. The number of para-hydroxylation sites is 7. The van der Waals surface area contributed by atoms with Crippen molar-refractivity contribution >= 4 is 154 Å². The molecule has 0 unspecified atom stereocenters. The lowest BCUT2D eigenvalue weighted by Crippen LogP contribution is -2.13. The van der Waals surface area contributed by atoms with Crippen molar-refractivity contribution in [3.8, 4) is 22.3 Å². The molecule has 13 aromatic carbocycles. The van der Waals surface area contributed by atoms with E-state index in [9.17, 15) is 0 Å². The second-order valence-electron chi connectivity index (χ2n) is 23.5. The normalized spacial score (nSPS) is 12.3. The van der Waals surface area contributed by atoms with Crippen LogP contribution in [0.4, 0.5) is 34.1 Å². The van der Waals surface area contributed by atoms with E-state index in [1.807, 2.05) is 0 Å². The molecule has 6 nitrogen and oxygen atoms in total. The second kappa shape index (κ2) is 17.8. The Kier molecular flexibility index (Phi) is 9.86. The Labute approximate surface area is 499 Å². The largest absolute Gasteiger partial charge is 0.454 e. The zero-order chi connectivity index (χ0) is 57.3. The van der Waals surface area contributed by atoms with Crippen LogP contribution in [0.3, 0.4) is 0 Å². The number of hydrogen-bond donors (Lipinski definition) is 0. The van der Waals surface area contributed by atoms with Gasteiger partial charge in [-0.25, -0.2) is 0 Å². The molecule has 0 aliphatic heterocycles. The second-order valence-corrected chi connectivity index (χ2v) is 23.5. The van der Waals surface area contributed by atoms with Gasteiger partial charge in [-0.3, -0.25) is 0 Å². The number of rotatable bonds is 8. The molecule has 0 bridgehead atoms. The van der Waals surface area contributed by atoms with Gasteiger partial charge in [0.25, 0.3) is 0 Å². The van der Waals surface area contributed by atoms with E-state index < -0.39 is 0 Å². The predicted molar refractivity (Wildman–Crippen MR) is 365 cm³/mol. The zero-order valence-electron chi connectivity index (χ0n) is 47.9. The van der Waals surface area contributed by atoms with Crippen LogP contribution < -0.4 is 9.80 Å². The number of aryl methyl sites for hydroxylation is 3. The van der Waals surface area contributed by atoms with Crippen molar-refractivity contribution in [1.82, 2.24) is 8.80 Å². The fourth-order valence-electron chi connectivity index (χ4n) is 15.4. The van der Waals surface area contributed by atoms with E-state index in [4.69, 9.17) is 8.83 Å². The van der Waals surface area contributed by atoms with E-state index >= 15 is 0 Å². The summed E-state index contributed by atoms with van der Waals surface area (Å²) in [6, 6.07) is 95.5. The fourth-order valence-corrected chi connectivity index (χ4v) is 15.4. The summed E-state index contributed by atoms with van der Waals surface area (Å²) in [6.45, 7) is 6.65. The van der Waals surface area contributed by atoms with Crippen LogP contribution in [-0.2, 0) is 0 Å². The molecule has 0 saturated heterocycles. The molecule has 87 heavy (non-hydrogen) atoms. The van der Waals surface area contributed by atoms with E-state index in [1.54, 1.807) is 0 Å². The van der Waals surface area contributed by atoms with E-state index in [0.717, 1.165) is 106 Å². The molecule has 19 rings (SSSR count).